The van der Waals surface area contributed by atoms with Gasteiger partial charge in [-0.05, 0) is 192 Å². The van der Waals surface area contributed by atoms with E-state index in [9.17, 15) is 23.4 Å². The van der Waals surface area contributed by atoms with E-state index in [0.717, 1.165) is 123 Å². The molecule has 1 aliphatic heterocycles. The first-order chi connectivity index (χ1) is 30.1. The molecule has 1 amide bonds. The van der Waals surface area contributed by atoms with Crippen LogP contribution in [0.4, 0.5) is 0 Å². The van der Waals surface area contributed by atoms with E-state index < -0.39 is 10.1 Å². The topological polar surface area (TPSA) is 122 Å². The van der Waals surface area contributed by atoms with Crippen molar-refractivity contribution in [1.29, 1.82) is 0 Å². The largest absolute Gasteiger partial charge is 0.487 e. The number of aliphatic hydroxyl groups excluding tert-OH is 2. The van der Waals surface area contributed by atoms with Crippen LogP contribution in [-0.2, 0) is 21.3 Å². The second-order valence-electron chi connectivity index (χ2n) is 24.1. The number of benzene rings is 1. The van der Waals surface area contributed by atoms with E-state index in [2.05, 4.69) is 60.7 Å². The van der Waals surface area contributed by atoms with Crippen molar-refractivity contribution in [2.24, 2.45) is 64.1 Å². The summed E-state index contributed by atoms with van der Waals surface area (Å²) in [5.74, 6) is 5.86. The lowest BCUT2D eigenvalue weighted by atomic mass is 9.43. The molecule has 8 nitrogen and oxygen atoms in total. The molecule has 3 N–H and O–H groups in total. The first-order valence-electron chi connectivity index (χ1n) is 26.4. The Balaban J connectivity index is 0.935. The van der Waals surface area contributed by atoms with Gasteiger partial charge in [-0.15, -0.1) is 0 Å². The van der Waals surface area contributed by atoms with Gasteiger partial charge in [-0.25, -0.2) is 0 Å². The molecule has 64 heavy (non-hydrogen) atoms. The SMILES string of the molecule is Cc1c(C)c2c(c(C)c1OS(=O)(=O)CCNC(=O)CC[C@@H](C)[C@H]1CC[C@H]3[C@@H]4[C@H](O)C[C@@H]5C[C@H](O)CC[C@]5(C)[C@H]4CC[C@]13C)CC[C@@](C)(CCC[C@H](C)CCC[C@H](C)CCCC(C)C)O2. The van der Waals surface area contributed by atoms with Gasteiger partial charge in [0.15, 0.2) is 0 Å². The van der Waals surface area contributed by atoms with Crippen molar-refractivity contribution in [2.75, 3.05) is 12.3 Å². The van der Waals surface area contributed by atoms with E-state index in [1.165, 1.54) is 51.4 Å². The summed E-state index contributed by atoms with van der Waals surface area (Å²) in [6, 6.07) is 0. The maximum Gasteiger partial charge on any atom is 0.310 e. The highest BCUT2D eigenvalue weighted by Gasteiger charge is 2.63. The summed E-state index contributed by atoms with van der Waals surface area (Å²) in [5.41, 5.74) is 3.72. The number of rotatable bonds is 21. The molecular weight excluding hydrogens is 819 g/mol. The average Bonchev–Trinajstić information content (AvgIpc) is 3.58. The lowest BCUT2D eigenvalue weighted by Gasteiger charge is -2.62. The summed E-state index contributed by atoms with van der Waals surface area (Å²) < 4.78 is 39.5. The van der Waals surface area contributed by atoms with E-state index in [1.807, 2.05) is 20.8 Å². The van der Waals surface area contributed by atoms with Crippen LogP contribution < -0.4 is 14.2 Å². The van der Waals surface area contributed by atoms with Gasteiger partial charge < -0.3 is 24.4 Å². The minimum Gasteiger partial charge on any atom is -0.487 e. The highest BCUT2D eigenvalue weighted by atomic mass is 32.2. The number of nitrogens with one attached hydrogen (secondary N) is 1. The average molecular weight is 912 g/mol. The zero-order valence-corrected chi connectivity index (χ0v) is 43.3. The Bertz CT molecular complexity index is 1850. The minimum absolute atomic E-state index is 0.0101. The van der Waals surface area contributed by atoms with Gasteiger partial charge in [0.25, 0.3) is 0 Å². The van der Waals surface area contributed by atoms with Crippen molar-refractivity contribution in [3.63, 3.8) is 0 Å². The van der Waals surface area contributed by atoms with Gasteiger partial charge >= 0.3 is 10.1 Å². The van der Waals surface area contributed by atoms with Crippen LogP contribution in [0.15, 0.2) is 0 Å². The lowest BCUT2D eigenvalue weighted by molar-refractivity contribution is -0.174. The number of fused-ring (bicyclic) bond motifs is 6. The molecule has 0 radical (unpaired) electrons. The molecule has 6 rings (SSSR count). The summed E-state index contributed by atoms with van der Waals surface area (Å²) in [7, 11) is -3.96. The molecule has 9 heteroatoms. The standard InChI is InChI=1S/C55H93NO7S/c1-35(2)15-12-16-36(3)17-13-18-37(4)19-14-27-53(9)28-25-44-41(8)51(39(6)40(7)52(44)62-53)63-64(60,61)32-31-56-49(59)23-20-38(5)45-21-22-46-50-47(26-30-55(45,46)11)54(10)29-24-43(57)33-42(54)34-48(50)58/h35-38,42-43,45-48,50,57-58H,12-34H2,1-11H3,(H,56,59)/t36-,37-,38-,42+,43-,45-,46+,47+,48-,50+,53-,54+,55-/m1/s1. The zero-order valence-electron chi connectivity index (χ0n) is 42.5. The van der Waals surface area contributed by atoms with E-state index in [0.29, 0.717) is 47.7 Å². The van der Waals surface area contributed by atoms with Gasteiger partial charge in [0.1, 0.15) is 22.9 Å². The van der Waals surface area contributed by atoms with Gasteiger partial charge in [0, 0.05) is 18.5 Å². The van der Waals surface area contributed by atoms with E-state index >= 15 is 0 Å². The molecule has 4 saturated carbocycles. The first-order valence-corrected chi connectivity index (χ1v) is 28.0. The second-order valence-corrected chi connectivity index (χ2v) is 25.8. The number of hydrogen-bond donors (Lipinski definition) is 3. The van der Waals surface area contributed by atoms with Crippen molar-refractivity contribution in [1.82, 2.24) is 5.32 Å². The molecule has 4 fully saturated rings. The Kier molecular flexibility index (Phi) is 17.1. The molecule has 0 aromatic heterocycles. The third-order valence-electron chi connectivity index (χ3n) is 19.0. The fraction of sp³-hybridized carbons (Fsp3) is 0.873. The quantitative estimate of drug-likeness (QED) is 0.105. The number of hydrogen-bond acceptors (Lipinski definition) is 7. The smallest absolute Gasteiger partial charge is 0.310 e. The minimum atomic E-state index is -3.96. The Morgan fingerprint density at radius 3 is 2.11 bits per heavy atom. The normalized spacial score (nSPS) is 33.9. The van der Waals surface area contributed by atoms with Crippen LogP contribution in [0.5, 0.6) is 11.5 Å². The number of carbonyl (C=O) groups is 1. The van der Waals surface area contributed by atoms with E-state index in [-0.39, 0.29) is 46.8 Å². The van der Waals surface area contributed by atoms with Crippen LogP contribution in [0.25, 0.3) is 0 Å². The van der Waals surface area contributed by atoms with Gasteiger partial charge in [-0.2, -0.15) is 8.42 Å². The third kappa shape index (κ3) is 11.7. The molecule has 0 spiro atoms. The van der Waals surface area contributed by atoms with E-state index in [1.54, 1.807) is 0 Å². The molecule has 4 aliphatic carbocycles. The van der Waals surface area contributed by atoms with Crippen molar-refractivity contribution in [3.8, 4) is 11.5 Å². The summed E-state index contributed by atoms with van der Waals surface area (Å²) in [6.45, 7) is 24.8. The van der Waals surface area contributed by atoms with Crippen LogP contribution in [0, 0.1) is 84.9 Å². The van der Waals surface area contributed by atoms with Gasteiger partial charge in [-0.3, -0.25) is 4.79 Å². The number of carbonyl (C=O) groups excluding carboxylic acids is 1. The van der Waals surface area contributed by atoms with Crippen LogP contribution in [0.2, 0.25) is 0 Å². The molecule has 366 valence electrons. The Labute approximate surface area is 391 Å². The van der Waals surface area contributed by atoms with Crippen LogP contribution in [0.3, 0.4) is 0 Å². The maximum absolute atomic E-state index is 13.4. The van der Waals surface area contributed by atoms with Crippen LogP contribution >= 0.6 is 0 Å². The fourth-order valence-corrected chi connectivity index (χ4v) is 15.6. The van der Waals surface area contributed by atoms with Gasteiger partial charge in [-0.1, -0.05) is 93.4 Å². The molecule has 0 bridgehead atoms. The summed E-state index contributed by atoms with van der Waals surface area (Å²) in [4.78, 5) is 13.2. The Morgan fingerprint density at radius 2 is 1.42 bits per heavy atom. The van der Waals surface area contributed by atoms with Crippen molar-refractivity contribution in [3.05, 3.63) is 22.3 Å². The van der Waals surface area contributed by atoms with Crippen molar-refractivity contribution < 1.29 is 32.3 Å². The van der Waals surface area contributed by atoms with Gasteiger partial charge in [0.05, 0.1) is 12.2 Å². The number of ether oxygens (including phenoxy) is 1. The molecule has 1 aromatic carbocycles. The molecule has 1 aromatic rings. The van der Waals surface area contributed by atoms with Crippen LogP contribution in [0.1, 0.15) is 206 Å². The predicted octanol–water partition coefficient (Wildman–Crippen LogP) is 12.4. The monoisotopic (exact) mass is 912 g/mol. The molecule has 0 unspecified atom stereocenters. The van der Waals surface area contributed by atoms with E-state index in [4.69, 9.17) is 8.92 Å². The Morgan fingerprint density at radius 1 is 0.781 bits per heavy atom. The van der Waals surface area contributed by atoms with Crippen LogP contribution in [-0.4, -0.2) is 54.6 Å². The molecule has 13 atom stereocenters. The summed E-state index contributed by atoms with van der Waals surface area (Å²) in [6.07, 6.45) is 21.9. The number of amides is 1. The molecule has 5 aliphatic rings. The third-order valence-corrected chi connectivity index (χ3v) is 20.1. The highest BCUT2D eigenvalue weighted by Crippen LogP contribution is 2.68. The molecule has 1 heterocycles. The van der Waals surface area contributed by atoms with Crippen molar-refractivity contribution >= 4 is 16.0 Å². The molecule has 0 saturated heterocycles. The molecular formula is C55H93NO7S. The summed E-state index contributed by atoms with van der Waals surface area (Å²) >= 11 is 0. The zero-order chi connectivity index (χ0) is 46.8. The second kappa shape index (κ2) is 21.2. The lowest BCUT2D eigenvalue weighted by Crippen LogP contribution is -2.58. The predicted molar refractivity (Wildman–Crippen MR) is 261 cm³/mol. The Hall–Kier alpha value is -1.84. The fourth-order valence-electron chi connectivity index (χ4n) is 14.7. The summed E-state index contributed by atoms with van der Waals surface area (Å²) in [5, 5.41) is 25.0. The first kappa shape index (κ1) is 51.5. The highest BCUT2D eigenvalue weighted by molar-refractivity contribution is 7.87. The maximum atomic E-state index is 13.4. The number of aliphatic hydroxyl groups is 2. The van der Waals surface area contributed by atoms with Gasteiger partial charge in [0.2, 0.25) is 5.91 Å². The van der Waals surface area contributed by atoms with Crippen molar-refractivity contribution in [2.45, 2.75) is 229 Å².